The van der Waals surface area contributed by atoms with Crippen LogP contribution in [0.15, 0.2) is 18.3 Å². The van der Waals surface area contributed by atoms with Gasteiger partial charge in [0.2, 0.25) is 0 Å². The topological polar surface area (TPSA) is 34.1 Å². The maximum absolute atomic E-state index is 12.7. The fourth-order valence-electron chi connectivity index (χ4n) is 2.05. The maximum Gasteiger partial charge on any atom is 0.419 e. The van der Waals surface area contributed by atoms with Gasteiger partial charge in [-0.15, -0.1) is 0 Å². The highest BCUT2D eigenvalue weighted by Gasteiger charge is 2.34. The summed E-state index contributed by atoms with van der Waals surface area (Å²) in [5.41, 5.74) is -0.725. The number of hydrogen-bond donors (Lipinski definition) is 1. The van der Waals surface area contributed by atoms with Gasteiger partial charge in [-0.3, -0.25) is 0 Å². The van der Waals surface area contributed by atoms with Gasteiger partial charge in [-0.1, -0.05) is 0 Å². The number of hydrogen-bond acceptors (Lipinski definition) is 3. The molecule has 1 fully saturated rings. The summed E-state index contributed by atoms with van der Waals surface area (Å²) in [4.78, 5) is 3.76. The minimum Gasteiger partial charge on any atom is -0.378 e. The summed E-state index contributed by atoms with van der Waals surface area (Å²) in [7, 11) is 0. The fourth-order valence-corrected chi connectivity index (χ4v) is 2.05. The Morgan fingerprint density at radius 2 is 2.28 bits per heavy atom. The monoisotopic (exact) mass is 260 g/mol. The van der Waals surface area contributed by atoms with Gasteiger partial charge < -0.3 is 10.1 Å². The zero-order valence-electron chi connectivity index (χ0n) is 10.00. The standard InChI is InChI=1S/C12H15F3N2O/c1-8-9(4-6-18-8)7-17-11-10(12(13,14)15)3-2-5-16-11/h2-3,5,8-9H,4,6-7H2,1H3,(H,16,17). The van der Waals surface area contributed by atoms with Crippen LogP contribution in [0.4, 0.5) is 19.0 Å². The van der Waals surface area contributed by atoms with E-state index in [9.17, 15) is 13.2 Å². The molecule has 0 spiro atoms. The van der Waals surface area contributed by atoms with E-state index in [1.807, 2.05) is 6.92 Å². The maximum atomic E-state index is 12.7. The van der Waals surface area contributed by atoms with Gasteiger partial charge in [-0.05, 0) is 25.5 Å². The van der Waals surface area contributed by atoms with E-state index in [1.165, 1.54) is 12.3 Å². The largest absolute Gasteiger partial charge is 0.419 e. The lowest BCUT2D eigenvalue weighted by Crippen LogP contribution is -2.22. The summed E-state index contributed by atoms with van der Waals surface area (Å²) in [6, 6.07) is 2.32. The first-order valence-electron chi connectivity index (χ1n) is 5.86. The zero-order valence-corrected chi connectivity index (χ0v) is 10.00. The van der Waals surface area contributed by atoms with Gasteiger partial charge >= 0.3 is 6.18 Å². The Kier molecular flexibility index (Phi) is 3.75. The van der Waals surface area contributed by atoms with Crippen LogP contribution in [0.2, 0.25) is 0 Å². The number of pyridine rings is 1. The van der Waals surface area contributed by atoms with Crippen molar-refractivity contribution in [2.24, 2.45) is 5.92 Å². The summed E-state index contributed by atoms with van der Waals surface area (Å²) in [5, 5.41) is 2.78. The highest BCUT2D eigenvalue weighted by atomic mass is 19.4. The van der Waals surface area contributed by atoms with Crippen molar-refractivity contribution in [1.29, 1.82) is 0 Å². The average Bonchev–Trinajstić information content (AvgIpc) is 2.71. The van der Waals surface area contributed by atoms with Crippen molar-refractivity contribution in [3.8, 4) is 0 Å². The molecule has 1 aliphatic rings. The molecule has 2 atom stereocenters. The van der Waals surface area contributed by atoms with E-state index < -0.39 is 11.7 Å². The Morgan fingerprint density at radius 1 is 1.50 bits per heavy atom. The van der Waals surface area contributed by atoms with E-state index in [0.717, 1.165) is 12.5 Å². The zero-order chi connectivity index (χ0) is 13.2. The summed E-state index contributed by atoms with van der Waals surface area (Å²) in [6.45, 7) is 3.05. The quantitative estimate of drug-likeness (QED) is 0.907. The number of ether oxygens (including phenoxy) is 1. The van der Waals surface area contributed by atoms with Gasteiger partial charge in [0.05, 0.1) is 11.7 Å². The predicted octanol–water partition coefficient (Wildman–Crippen LogP) is 2.94. The highest BCUT2D eigenvalue weighted by molar-refractivity contribution is 5.45. The minimum atomic E-state index is -4.38. The van der Waals surface area contributed by atoms with Gasteiger partial charge in [0.1, 0.15) is 5.82 Å². The summed E-state index contributed by atoms with van der Waals surface area (Å²) in [5.74, 6) is 0.122. The lowest BCUT2D eigenvalue weighted by Gasteiger charge is -2.17. The van der Waals surface area contributed by atoms with Crippen LogP contribution < -0.4 is 5.32 Å². The van der Waals surface area contributed by atoms with E-state index in [-0.39, 0.29) is 17.8 Å². The van der Waals surface area contributed by atoms with Crippen LogP contribution in [0, 0.1) is 5.92 Å². The molecule has 0 radical (unpaired) electrons. The minimum absolute atomic E-state index is 0.0792. The Morgan fingerprint density at radius 3 is 2.89 bits per heavy atom. The molecule has 2 rings (SSSR count). The molecule has 0 amide bonds. The molecule has 2 unspecified atom stereocenters. The Hall–Kier alpha value is -1.30. The Bertz CT molecular complexity index is 409. The smallest absolute Gasteiger partial charge is 0.378 e. The molecule has 1 N–H and O–H groups in total. The van der Waals surface area contributed by atoms with Gasteiger partial charge in [-0.25, -0.2) is 4.98 Å². The number of halogens is 3. The van der Waals surface area contributed by atoms with Crippen molar-refractivity contribution < 1.29 is 17.9 Å². The normalized spacial score (nSPS) is 24.2. The van der Waals surface area contributed by atoms with Crippen LogP contribution in [-0.2, 0) is 10.9 Å². The van der Waals surface area contributed by atoms with Crippen LogP contribution >= 0.6 is 0 Å². The van der Waals surface area contributed by atoms with Gasteiger partial charge in [-0.2, -0.15) is 13.2 Å². The molecule has 0 saturated carbocycles. The third kappa shape index (κ3) is 2.93. The molecule has 3 nitrogen and oxygen atoms in total. The highest BCUT2D eigenvalue weighted by Crippen LogP contribution is 2.33. The first-order chi connectivity index (χ1) is 8.48. The molecule has 6 heteroatoms. The van der Waals surface area contributed by atoms with Crippen molar-refractivity contribution >= 4 is 5.82 Å². The first kappa shape index (κ1) is 13.1. The van der Waals surface area contributed by atoms with Crippen LogP contribution in [-0.4, -0.2) is 24.2 Å². The van der Waals surface area contributed by atoms with Crippen molar-refractivity contribution in [2.75, 3.05) is 18.5 Å². The lowest BCUT2D eigenvalue weighted by atomic mass is 10.0. The molecule has 1 saturated heterocycles. The van der Waals surface area contributed by atoms with Gasteiger partial charge in [0, 0.05) is 25.3 Å². The molecule has 1 aromatic rings. The summed E-state index contributed by atoms with van der Waals surface area (Å²) < 4.78 is 43.5. The Labute approximate surface area is 103 Å². The van der Waals surface area contributed by atoms with Gasteiger partial charge in [0.15, 0.2) is 0 Å². The fraction of sp³-hybridized carbons (Fsp3) is 0.583. The van der Waals surface area contributed by atoms with E-state index in [1.54, 1.807) is 0 Å². The second kappa shape index (κ2) is 5.14. The lowest BCUT2D eigenvalue weighted by molar-refractivity contribution is -0.137. The third-order valence-electron chi connectivity index (χ3n) is 3.18. The molecule has 1 aromatic heterocycles. The average molecular weight is 260 g/mol. The molecular weight excluding hydrogens is 245 g/mol. The second-order valence-electron chi connectivity index (χ2n) is 4.40. The van der Waals surface area contributed by atoms with E-state index in [4.69, 9.17) is 4.74 Å². The molecule has 0 aliphatic carbocycles. The molecule has 1 aliphatic heterocycles. The van der Waals surface area contributed by atoms with Crippen molar-refractivity contribution in [3.05, 3.63) is 23.9 Å². The summed E-state index contributed by atoms with van der Waals surface area (Å²) >= 11 is 0. The Balaban J connectivity index is 2.05. The summed E-state index contributed by atoms with van der Waals surface area (Å²) in [6.07, 6.45) is -2.08. The number of anilines is 1. The molecule has 0 bridgehead atoms. The second-order valence-corrected chi connectivity index (χ2v) is 4.40. The van der Waals surface area contributed by atoms with E-state index >= 15 is 0 Å². The van der Waals surface area contributed by atoms with Crippen molar-refractivity contribution in [2.45, 2.75) is 25.6 Å². The van der Waals surface area contributed by atoms with Crippen molar-refractivity contribution in [1.82, 2.24) is 4.98 Å². The third-order valence-corrected chi connectivity index (χ3v) is 3.18. The molecular formula is C12H15F3N2O. The number of rotatable bonds is 3. The van der Waals surface area contributed by atoms with Crippen LogP contribution in [0.25, 0.3) is 0 Å². The van der Waals surface area contributed by atoms with Gasteiger partial charge in [0.25, 0.3) is 0 Å². The predicted molar refractivity (Wildman–Crippen MR) is 61.2 cm³/mol. The molecule has 100 valence electrons. The molecule has 0 aromatic carbocycles. The van der Waals surface area contributed by atoms with Crippen LogP contribution in [0.1, 0.15) is 18.9 Å². The SMILES string of the molecule is CC1OCCC1CNc1ncccc1C(F)(F)F. The molecule has 18 heavy (non-hydrogen) atoms. The number of alkyl halides is 3. The van der Waals surface area contributed by atoms with Crippen LogP contribution in [0.3, 0.4) is 0 Å². The first-order valence-corrected chi connectivity index (χ1v) is 5.86. The van der Waals surface area contributed by atoms with Crippen molar-refractivity contribution in [3.63, 3.8) is 0 Å². The number of nitrogens with one attached hydrogen (secondary N) is 1. The number of nitrogens with zero attached hydrogens (tertiary/aromatic N) is 1. The van der Waals surface area contributed by atoms with Crippen LogP contribution in [0.5, 0.6) is 0 Å². The molecule has 2 heterocycles. The number of aromatic nitrogens is 1. The van der Waals surface area contributed by atoms with E-state index in [0.29, 0.717) is 13.2 Å². The van der Waals surface area contributed by atoms with E-state index in [2.05, 4.69) is 10.3 Å².